The molecule has 1 amide bonds. The third-order valence-corrected chi connectivity index (χ3v) is 4.45. The summed E-state index contributed by atoms with van der Waals surface area (Å²) in [5.41, 5.74) is 0.833. The van der Waals surface area contributed by atoms with Crippen molar-refractivity contribution in [2.45, 2.75) is 78.6 Å². The van der Waals surface area contributed by atoms with Crippen LogP contribution in [0.1, 0.15) is 78.6 Å². The van der Waals surface area contributed by atoms with Crippen LogP contribution in [-0.4, -0.2) is 12.5 Å². The Bertz CT molecular complexity index is 442. The number of carbonyl (C=O) groups excluding carboxylic acids is 1. The van der Waals surface area contributed by atoms with Gasteiger partial charge in [-0.1, -0.05) is 65.7 Å². The number of carbonyl (C=O) groups is 1. The number of hydrogen-bond acceptors (Lipinski definition) is 2. The van der Waals surface area contributed by atoms with Crippen molar-refractivity contribution in [3.63, 3.8) is 0 Å². The Hall–Kier alpha value is -1.51. The van der Waals surface area contributed by atoms with Gasteiger partial charge in [-0.15, -0.1) is 0 Å². The number of benzene rings is 1. The molecule has 0 radical (unpaired) electrons. The maximum absolute atomic E-state index is 11.8. The summed E-state index contributed by atoms with van der Waals surface area (Å²) in [6.45, 7) is 6.99. The lowest BCUT2D eigenvalue weighted by atomic mass is 10.1. The number of rotatable bonds is 13. The Morgan fingerprint density at radius 3 is 2.12 bits per heavy atom. The Kier molecular flexibility index (Phi) is 11.0. The van der Waals surface area contributed by atoms with Gasteiger partial charge in [0.2, 0.25) is 5.91 Å². The highest BCUT2D eigenvalue weighted by Gasteiger charge is 2.10. The molecule has 1 N–H and O–H groups in total. The molecule has 0 aliphatic heterocycles. The maximum Gasteiger partial charge on any atom is 0.227 e. The minimum atomic E-state index is 0.0444. The van der Waals surface area contributed by atoms with Gasteiger partial charge in [0.05, 0.1) is 6.61 Å². The summed E-state index contributed by atoms with van der Waals surface area (Å²) in [7, 11) is 0. The zero-order valence-corrected chi connectivity index (χ0v) is 15.8. The molecule has 1 aromatic carbocycles. The SMILES string of the molecule is CCCCCCCCCCOc1ccc(NC(=O)C(C)CC)cc1. The molecule has 3 heteroatoms. The quantitative estimate of drug-likeness (QED) is 0.437. The van der Waals surface area contributed by atoms with E-state index in [9.17, 15) is 4.79 Å². The molecule has 0 saturated heterocycles. The number of ether oxygens (including phenoxy) is 1. The first-order chi connectivity index (χ1) is 11.7. The molecule has 0 aliphatic carbocycles. The van der Waals surface area contributed by atoms with E-state index in [4.69, 9.17) is 4.74 Å². The third kappa shape index (κ3) is 8.95. The highest BCUT2D eigenvalue weighted by Crippen LogP contribution is 2.17. The van der Waals surface area contributed by atoms with E-state index in [1.165, 1.54) is 44.9 Å². The normalized spacial score (nSPS) is 12.0. The van der Waals surface area contributed by atoms with Gasteiger partial charge >= 0.3 is 0 Å². The lowest BCUT2D eigenvalue weighted by Crippen LogP contribution is -2.19. The van der Waals surface area contributed by atoms with Gasteiger partial charge in [-0.25, -0.2) is 0 Å². The highest BCUT2D eigenvalue weighted by atomic mass is 16.5. The average molecular weight is 334 g/mol. The topological polar surface area (TPSA) is 38.3 Å². The molecule has 3 nitrogen and oxygen atoms in total. The van der Waals surface area contributed by atoms with Gasteiger partial charge in [0, 0.05) is 11.6 Å². The number of amides is 1. The first-order valence-electron chi connectivity index (χ1n) is 9.71. The molecule has 1 rings (SSSR count). The van der Waals surface area contributed by atoms with Crippen molar-refractivity contribution in [3.05, 3.63) is 24.3 Å². The molecule has 1 atom stereocenters. The van der Waals surface area contributed by atoms with Crippen LogP contribution >= 0.6 is 0 Å². The van der Waals surface area contributed by atoms with Crippen LogP contribution in [0.3, 0.4) is 0 Å². The van der Waals surface area contributed by atoms with Crippen LogP contribution in [0.5, 0.6) is 5.75 Å². The molecule has 0 aromatic heterocycles. The van der Waals surface area contributed by atoms with Gasteiger partial charge in [0.15, 0.2) is 0 Å². The first-order valence-corrected chi connectivity index (χ1v) is 9.71. The van der Waals surface area contributed by atoms with Gasteiger partial charge in [0.25, 0.3) is 0 Å². The molecule has 1 aromatic rings. The maximum atomic E-state index is 11.8. The second-order valence-corrected chi connectivity index (χ2v) is 6.65. The first kappa shape index (κ1) is 20.5. The van der Waals surface area contributed by atoms with Crippen LogP contribution in [0.15, 0.2) is 24.3 Å². The van der Waals surface area contributed by atoms with E-state index >= 15 is 0 Å². The van der Waals surface area contributed by atoms with Crippen LogP contribution in [0.4, 0.5) is 5.69 Å². The van der Waals surface area contributed by atoms with E-state index in [0.29, 0.717) is 0 Å². The summed E-state index contributed by atoms with van der Waals surface area (Å²) < 4.78 is 5.77. The molecule has 0 heterocycles. The Labute approximate surface area is 148 Å². The number of unbranched alkanes of at least 4 members (excludes halogenated alkanes) is 7. The summed E-state index contributed by atoms with van der Waals surface area (Å²) in [5.74, 6) is 0.993. The lowest BCUT2D eigenvalue weighted by molar-refractivity contribution is -0.119. The zero-order chi connectivity index (χ0) is 17.6. The van der Waals surface area contributed by atoms with Gasteiger partial charge in [-0.3, -0.25) is 4.79 Å². The molecular weight excluding hydrogens is 298 g/mol. The molecule has 136 valence electrons. The van der Waals surface area contributed by atoms with Crippen LogP contribution in [0, 0.1) is 5.92 Å². The van der Waals surface area contributed by atoms with Crippen LogP contribution in [-0.2, 0) is 4.79 Å². The molecule has 0 bridgehead atoms. The molecule has 0 fully saturated rings. The van der Waals surface area contributed by atoms with Crippen LogP contribution in [0.25, 0.3) is 0 Å². The minimum Gasteiger partial charge on any atom is -0.494 e. The molecule has 0 spiro atoms. The van der Waals surface area contributed by atoms with Crippen molar-refractivity contribution in [3.8, 4) is 5.75 Å². The zero-order valence-electron chi connectivity index (χ0n) is 15.8. The second kappa shape index (κ2) is 12.9. The van der Waals surface area contributed by atoms with Crippen molar-refractivity contribution >= 4 is 11.6 Å². The van der Waals surface area contributed by atoms with Crippen molar-refractivity contribution in [2.75, 3.05) is 11.9 Å². The average Bonchev–Trinajstić information content (AvgIpc) is 2.61. The predicted molar refractivity (Wildman–Crippen MR) is 103 cm³/mol. The van der Waals surface area contributed by atoms with E-state index in [-0.39, 0.29) is 11.8 Å². The second-order valence-electron chi connectivity index (χ2n) is 6.65. The standard InChI is InChI=1S/C21H35NO2/c1-4-6-7-8-9-10-11-12-17-24-20-15-13-19(14-16-20)22-21(23)18(3)5-2/h13-16,18H,4-12,17H2,1-3H3,(H,22,23). The number of anilines is 1. The van der Waals surface area contributed by atoms with E-state index in [2.05, 4.69) is 12.2 Å². The Morgan fingerprint density at radius 1 is 0.958 bits per heavy atom. The summed E-state index contributed by atoms with van der Waals surface area (Å²) in [5, 5.41) is 2.93. The third-order valence-electron chi connectivity index (χ3n) is 4.45. The fourth-order valence-corrected chi connectivity index (χ4v) is 2.51. The van der Waals surface area contributed by atoms with Crippen molar-refractivity contribution in [1.29, 1.82) is 0 Å². The minimum absolute atomic E-state index is 0.0444. The van der Waals surface area contributed by atoms with E-state index < -0.39 is 0 Å². The number of hydrogen-bond donors (Lipinski definition) is 1. The summed E-state index contributed by atoms with van der Waals surface area (Å²) >= 11 is 0. The van der Waals surface area contributed by atoms with Crippen molar-refractivity contribution in [2.24, 2.45) is 5.92 Å². The molecule has 0 saturated carbocycles. The summed E-state index contributed by atoms with van der Waals surface area (Å²) in [4.78, 5) is 11.8. The number of nitrogens with one attached hydrogen (secondary N) is 1. The Balaban J connectivity index is 2.13. The lowest BCUT2D eigenvalue weighted by Gasteiger charge is -2.11. The van der Waals surface area contributed by atoms with Gasteiger partial charge < -0.3 is 10.1 Å². The molecular formula is C21H35NO2. The fourth-order valence-electron chi connectivity index (χ4n) is 2.51. The van der Waals surface area contributed by atoms with Crippen molar-refractivity contribution < 1.29 is 9.53 Å². The van der Waals surface area contributed by atoms with Crippen molar-refractivity contribution in [1.82, 2.24) is 0 Å². The molecule has 1 unspecified atom stereocenters. The van der Waals surface area contributed by atoms with E-state index in [1.54, 1.807) is 0 Å². The molecule has 0 aliphatic rings. The predicted octanol–water partition coefficient (Wildman–Crippen LogP) is 6.19. The van der Waals surface area contributed by atoms with E-state index in [0.717, 1.165) is 30.9 Å². The summed E-state index contributed by atoms with van der Waals surface area (Å²) in [6, 6.07) is 7.67. The fraction of sp³-hybridized carbons (Fsp3) is 0.667. The Morgan fingerprint density at radius 2 is 1.54 bits per heavy atom. The largest absolute Gasteiger partial charge is 0.494 e. The van der Waals surface area contributed by atoms with Crippen LogP contribution in [0.2, 0.25) is 0 Å². The van der Waals surface area contributed by atoms with Gasteiger partial charge in [-0.05, 0) is 37.1 Å². The summed E-state index contributed by atoms with van der Waals surface area (Å²) in [6.07, 6.45) is 11.3. The smallest absolute Gasteiger partial charge is 0.227 e. The monoisotopic (exact) mass is 333 g/mol. The molecule has 24 heavy (non-hydrogen) atoms. The van der Waals surface area contributed by atoms with Gasteiger partial charge in [-0.2, -0.15) is 0 Å². The van der Waals surface area contributed by atoms with Crippen LogP contribution < -0.4 is 10.1 Å². The van der Waals surface area contributed by atoms with Gasteiger partial charge in [0.1, 0.15) is 5.75 Å². The van der Waals surface area contributed by atoms with E-state index in [1.807, 2.05) is 38.1 Å². The highest BCUT2D eigenvalue weighted by molar-refractivity contribution is 5.92.